The minimum absolute atomic E-state index is 0.152. The van der Waals surface area contributed by atoms with E-state index in [-0.39, 0.29) is 6.10 Å². The Morgan fingerprint density at radius 1 is 1.17 bits per heavy atom. The van der Waals surface area contributed by atoms with E-state index in [0.717, 1.165) is 32.5 Å². The third-order valence-corrected chi connectivity index (χ3v) is 4.47. The fourth-order valence-electron chi connectivity index (χ4n) is 3.37. The van der Waals surface area contributed by atoms with E-state index in [0.29, 0.717) is 12.1 Å². The second kappa shape index (κ2) is 5.00. The average molecular weight is 246 g/mol. The molecule has 3 nitrogen and oxygen atoms in total. The maximum Gasteiger partial charge on any atom is 0.0708 e. The van der Waals surface area contributed by atoms with Crippen molar-refractivity contribution in [2.45, 2.75) is 37.6 Å². The lowest BCUT2D eigenvalue weighted by molar-refractivity contribution is 0.00734. The zero-order valence-corrected chi connectivity index (χ0v) is 11.0. The van der Waals surface area contributed by atoms with Gasteiger partial charge in [-0.1, -0.05) is 30.3 Å². The molecule has 0 aliphatic carbocycles. The third kappa shape index (κ3) is 2.30. The topological polar surface area (TPSA) is 26.7 Å². The summed E-state index contributed by atoms with van der Waals surface area (Å²) >= 11 is 0. The van der Waals surface area contributed by atoms with E-state index in [1.807, 2.05) is 0 Å². The zero-order valence-electron chi connectivity index (χ0n) is 11.0. The molecule has 1 aromatic carbocycles. The van der Waals surface area contributed by atoms with E-state index in [2.05, 4.69) is 47.2 Å². The second-order valence-corrected chi connectivity index (χ2v) is 5.72. The summed E-state index contributed by atoms with van der Waals surface area (Å²) < 4.78 is 0. The van der Waals surface area contributed by atoms with Gasteiger partial charge in [0.2, 0.25) is 0 Å². The number of fused-ring (bicyclic) bond motifs is 4. The molecular weight excluding hydrogens is 224 g/mol. The van der Waals surface area contributed by atoms with Crippen molar-refractivity contribution in [1.82, 2.24) is 9.80 Å². The quantitative estimate of drug-likeness (QED) is 0.853. The summed E-state index contributed by atoms with van der Waals surface area (Å²) in [5, 5.41) is 10.2. The van der Waals surface area contributed by atoms with Crippen molar-refractivity contribution < 1.29 is 5.11 Å². The number of likely N-dealkylation sites (N-methyl/N-ethyl adjacent to an activating group) is 1. The fraction of sp³-hybridized carbons (Fsp3) is 0.600. The van der Waals surface area contributed by atoms with Gasteiger partial charge in [-0.25, -0.2) is 0 Å². The van der Waals surface area contributed by atoms with Gasteiger partial charge in [0, 0.05) is 31.7 Å². The first-order valence-electron chi connectivity index (χ1n) is 6.90. The molecule has 98 valence electrons. The van der Waals surface area contributed by atoms with Crippen LogP contribution in [0.3, 0.4) is 0 Å². The molecule has 3 aliphatic heterocycles. The molecule has 3 atom stereocenters. The van der Waals surface area contributed by atoms with Crippen molar-refractivity contribution >= 4 is 0 Å². The van der Waals surface area contributed by atoms with E-state index in [1.165, 1.54) is 5.56 Å². The van der Waals surface area contributed by atoms with Crippen LogP contribution in [-0.4, -0.2) is 53.2 Å². The van der Waals surface area contributed by atoms with E-state index in [1.54, 1.807) is 0 Å². The largest absolute Gasteiger partial charge is 0.391 e. The van der Waals surface area contributed by atoms with Gasteiger partial charge in [-0.05, 0) is 25.5 Å². The number of benzene rings is 1. The smallest absolute Gasteiger partial charge is 0.0708 e. The van der Waals surface area contributed by atoms with Gasteiger partial charge in [0.1, 0.15) is 0 Å². The number of nitrogens with zero attached hydrogens (tertiary/aromatic N) is 2. The Hall–Kier alpha value is -0.900. The first kappa shape index (κ1) is 12.2. The highest BCUT2D eigenvalue weighted by molar-refractivity contribution is 5.15. The number of hydrogen-bond donors (Lipinski definition) is 1. The van der Waals surface area contributed by atoms with Gasteiger partial charge in [-0.15, -0.1) is 0 Å². The monoisotopic (exact) mass is 246 g/mol. The molecule has 4 rings (SSSR count). The van der Waals surface area contributed by atoms with E-state index < -0.39 is 0 Å². The molecule has 0 aromatic heterocycles. The summed E-state index contributed by atoms with van der Waals surface area (Å²) in [6, 6.07) is 11.6. The summed E-state index contributed by atoms with van der Waals surface area (Å²) in [6.07, 6.45) is 1.92. The average Bonchev–Trinajstić information content (AvgIpc) is 2.61. The van der Waals surface area contributed by atoms with Crippen LogP contribution in [-0.2, 0) is 6.54 Å². The van der Waals surface area contributed by atoms with Crippen molar-refractivity contribution in [2.24, 2.45) is 0 Å². The molecule has 3 aliphatic rings. The van der Waals surface area contributed by atoms with Crippen LogP contribution in [0.2, 0.25) is 0 Å². The Labute approximate surface area is 109 Å². The summed E-state index contributed by atoms with van der Waals surface area (Å²) in [7, 11) is 2.14. The number of piperazine rings is 1. The first-order valence-corrected chi connectivity index (χ1v) is 6.90. The molecule has 3 saturated heterocycles. The Morgan fingerprint density at radius 3 is 2.72 bits per heavy atom. The third-order valence-electron chi connectivity index (χ3n) is 4.47. The van der Waals surface area contributed by atoms with Crippen LogP contribution in [0.4, 0.5) is 0 Å². The van der Waals surface area contributed by atoms with Gasteiger partial charge in [0.25, 0.3) is 0 Å². The molecule has 2 unspecified atom stereocenters. The van der Waals surface area contributed by atoms with Crippen LogP contribution in [0.5, 0.6) is 0 Å². The van der Waals surface area contributed by atoms with Gasteiger partial charge >= 0.3 is 0 Å². The lowest BCUT2D eigenvalue weighted by atomic mass is 10.1. The van der Waals surface area contributed by atoms with E-state index >= 15 is 0 Å². The molecule has 2 bridgehead atoms. The van der Waals surface area contributed by atoms with Crippen LogP contribution in [0.1, 0.15) is 18.4 Å². The minimum atomic E-state index is -0.152. The molecule has 3 heterocycles. The predicted molar refractivity (Wildman–Crippen MR) is 72.3 cm³/mol. The van der Waals surface area contributed by atoms with Crippen LogP contribution < -0.4 is 0 Å². The molecule has 3 heteroatoms. The van der Waals surface area contributed by atoms with Gasteiger partial charge < -0.3 is 5.11 Å². The van der Waals surface area contributed by atoms with Gasteiger partial charge in [-0.3, -0.25) is 9.80 Å². The Bertz CT molecular complexity index is 391. The summed E-state index contributed by atoms with van der Waals surface area (Å²) in [4.78, 5) is 4.89. The van der Waals surface area contributed by atoms with Gasteiger partial charge in [0.05, 0.1) is 6.10 Å². The van der Waals surface area contributed by atoms with Crippen molar-refractivity contribution in [3.63, 3.8) is 0 Å². The maximum atomic E-state index is 10.2. The standard InChI is InChI=1S/C15H22N2O/c1-16-10-13-7-8-15(18)14(16)11-17(13)9-12-5-3-2-4-6-12/h2-6,13-15,18H,7-11H2,1H3/t13?,14?,15-/m1/s1. The number of aliphatic hydroxyl groups excluding tert-OH is 1. The lowest BCUT2D eigenvalue weighted by Crippen LogP contribution is -2.57. The van der Waals surface area contributed by atoms with Gasteiger partial charge in [0.15, 0.2) is 0 Å². The second-order valence-electron chi connectivity index (χ2n) is 5.72. The normalized spacial score (nSPS) is 33.6. The Morgan fingerprint density at radius 2 is 1.94 bits per heavy atom. The predicted octanol–water partition coefficient (Wildman–Crippen LogP) is 1.33. The van der Waals surface area contributed by atoms with E-state index in [4.69, 9.17) is 0 Å². The minimum Gasteiger partial charge on any atom is -0.391 e. The fourth-order valence-corrected chi connectivity index (χ4v) is 3.37. The zero-order chi connectivity index (χ0) is 12.5. The molecule has 0 saturated carbocycles. The van der Waals surface area contributed by atoms with Crippen LogP contribution in [0.25, 0.3) is 0 Å². The molecule has 18 heavy (non-hydrogen) atoms. The maximum absolute atomic E-state index is 10.2. The summed E-state index contributed by atoms with van der Waals surface area (Å²) in [5.74, 6) is 0. The van der Waals surface area contributed by atoms with Gasteiger partial charge in [-0.2, -0.15) is 0 Å². The first-order chi connectivity index (χ1) is 8.74. The number of aliphatic hydroxyl groups is 1. The molecule has 0 amide bonds. The number of rotatable bonds is 2. The van der Waals surface area contributed by atoms with Crippen LogP contribution >= 0.6 is 0 Å². The molecule has 0 radical (unpaired) electrons. The lowest BCUT2D eigenvalue weighted by Gasteiger charge is -2.43. The molecule has 3 fully saturated rings. The van der Waals surface area contributed by atoms with Crippen molar-refractivity contribution in [1.29, 1.82) is 0 Å². The molecular formula is C15H22N2O. The summed E-state index contributed by atoms with van der Waals surface area (Å²) in [6.45, 7) is 3.11. The Balaban J connectivity index is 1.75. The molecule has 1 aromatic rings. The SMILES string of the molecule is CN1CC2CC[C@@H](O)C1CN2Cc1ccccc1. The molecule has 0 spiro atoms. The van der Waals surface area contributed by atoms with Crippen LogP contribution in [0, 0.1) is 0 Å². The highest BCUT2D eigenvalue weighted by Crippen LogP contribution is 2.28. The van der Waals surface area contributed by atoms with E-state index in [9.17, 15) is 5.11 Å². The highest BCUT2D eigenvalue weighted by atomic mass is 16.3. The number of hydrogen-bond acceptors (Lipinski definition) is 3. The Kier molecular flexibility index (Phi) is 3.37. The summed E-state index contributed by atoms with van der Waals surface area (Å²) in [5.41, 5.74) is 1.38. The van der Waals surface area contributed by atoms with Crippen molar-refractivity contribution in [2.75, 3.05) is 20.1 Å². The van der Waals surface area contributed by atoms with Crippen molar-refractivity contribution in [3.05, 3.63) is 35.9 Å². The highest BCUT2D eigenvalue weighted by Gasteiger charge is 2.39. The van der Waals surface area contributed by atoms with Crippen molar-refractivity contribution in [3.8, 4) is 0 Å². The van der Waals surface area contributed by atoms with Crippen LogP contribution in [0.15, 0.2) is 30.3 Å². The molecule has 1 N–H and O–H groups in total.